The van der Waals surface area contributed by atoms with Gasteiger partial charge in [-0.1, -0.05) is 83.4 Å². The molecule has 0 aliphatic heterocycles. The number of nitrogens with one attached hydrogen (secondary N) is 1. The van der Waals surface area contributed by atoms with Gasteiger partial charge in [0.1, 0.15) is 12.6 Å². The Morgan fingerprint density at radius 1 is 0.919 bits per heavy atom. The molecule has 3 rings (SSSR count). The maximum absolute atomic E-state index is 13.8. The lowest BCUT2D eigenvalue weighted by Crippen LogP contribution is -2.52. The number of aryl methyl sites for hydroxylation is 1. The molecule has 0 saturated heterocycles. The van der Waals surface area contributed by atoms with E-state index in [9.17, 15) is 18.0 Å². The van der Waals surface area contributed by atoms with Crippen LogP contribution in [0.5, 0.6) is 0 Å². The molecule has 3 aromatic rings. The average Bonchev–Trinajstić information content (AvgIpc) is 2.87. The zero-order valence-corrected chi connectivity index (χ0v) is 23.1. The number of halogens is 2. The number of rotatable bonds is 10. The highest BCUT2D eigenvalue weighted by Gasteiger charge is 2.32. The van der Waals surface area contributed by atoms with Gasteiger partial charge in [0.05, 0.1) is 22.0 Å². The van der Waals surface area contributed by atoms with E-state index in [0.717, 1.165) is 27.3 Å². The molecule has 0 spiro atoms. The molecule has 0 fully saturated rings. The van der Waals surface area contributed by atoms with Crippen molar-refractivity contribution in [1.29, 1.82) is 0 Å². The van der Waals surface area contributed by atoms with Crippen molar-refractivity contribution in [2.75, 3.05) is 24.2 Å². The molecule has 10 heteroatoms. The van der Waals surface area contributed by atoms with Crippen molar-refractivity contribution >= 4 is 50.7 Å². The van der Waals surface area contributed by atoms with Crippen LogP contribution in [0.2, 0.25) is 10.0 Å². The molecule has 196 valence electrons. The second-order valence-corrected chi connectivity index (χ2v) is 11.4. The van der Waals surface area contributed by atoms with E-state index >= 15 is 0 Å². The van der Waals surface area contributed by atoms with Gasteiger partial charge >= 0.3 is 0 Å². The predicted molar refractivity (Wildman–Crippen MR) is 148 cm³/mol. The Balaban J connectivity index is 2.03. The Labute approximate surface area is 228 Å². The number of carbonyl (C=O) groups excluding carboxylic acids is 2. The van der Waals surface area contributed by atoms with Gasteiger partial charge in [-0.2, -0.15) is 0 Å². The first-order chi connectivity index (χ1) is 17.5. The number of hydrogen-bond acceptors (Lipinski definition) is 4. The first kappa shape index (κ1) is 28.5. The van der Waals surface area contributed by atoms with Gasteiger partial charge in [0.25, 0.3) is 0 Å². The van der Waals surface area contributed by atoms with Gasteiger partial charge in [0.15, 0.2) is 0 Å². The van der Waals surface area contributed by atoms with Crippen LogP contribution in [0.1, 0.15) is 16.7 Å². The normalized spacial score (nSPS) is 12.0. The Kier molecular flexibility index (Phi) is 9.59. The highest BCUT2D eigenvalue weighted by molar-refractivity contribution is 7.92. The SMILES string of the molecule is CNC(=O)[C@@H](Cc1ccccc1)N(Cc1ccc(C)cc1)C(=O)CN(c1ccc(Cl)c(Cl)c1)S(C)(=O)=O. The second kappa shape index (κ2) is 12.4. The van der Waals surface area contributed by atoms with Crippen LogP contribution in [0, 0.1) is 6.92 Å². The minimum Gasteiger partial charge on any atom is -0.357 e. The number of nitrogens with zero attached hydrogens (tertiary/aromatic N) is 2. The molecule has 37 heavy (non-hydrogen) atoms. The number of anilines is 1. The predicted octanol–water partition coefficient (Wildman–Crippen LogP) is 4.45. The highest BCUT2D eigenvalue weighted by Crippen LogP contribution is 2.28. The Morgan fingerprint density at radius 3 is 2.14 bits per heavy atom. The van der Waals surface area contributed by atoms with Crippen LogP contribution in [0.4, 0.5) is 5.69 Å². The fraction of sp³-hybridized carbons (Fsp3) is 0.259. The molecule has 1 atom stereocenters. The second-order valence-electron chi connectivity index (χ2n) is 8.70. The van der Waals surface area contributed by atoms with Crippen LogP contribution in [0.15, 0.2) is 72.8 Å². The minimum absolute atomic E-state index is 0.114. The standard InChI is InChI=1S/C27H29Cl2N3O4S/c1-19-9-11-21(12-10-19)17-31(25(27(34)30-2)15-20-7-5-4-6-8-20)26(33)18-32(37(3,35)36)22-13-14-23(28)24(29)16-22/h4-14,16,25H,15,17-18H2,1-3H3,(H,30,34)/t25-/m1/s1. The van der Waals surface area contributed by atoms with Crippen molar-refractivity contribution in [1.82, 2.24) is 10.2 Å². The lowest BCUT2D eigenvalue weighted by atomic mass is 10.0. The summed E-state index contributed by atoms with van der Waals surface area (Å²) in [6, 6.07) is 20.4. The highest BCUT2D eigenvalue weighted by atomic mass is 35.5. The monoisotopic (exact) mass is 561 g/mol. The average molecular weight is 563 g/mol. The van der Waals surface area contributed by atoms with E-state index in [2.05, 4.69) is 5.32 Å². The fourth-order valence-corrected chi connectivity index (χ4v) is 5.00. The summed E-state index contributed by atoms with van der Waals surface area (Å²) in [7, 11) is -2.37. The van der Waals surface area contributed by atoms with Gasteiger partial charge < -0.3 is 10.2 Å². The molecule has 2 amide bonds. The summed E-state index contributed by atoms with van der Waals surface area (Å²) in [5.74, 6) is -0.897. The van der Waals surface area contributed by atoms with E-state index in [0.29, 0.717) is 0 Å². The van der Waals surface area contributed by atoms with Crippen LogP contribution in [-0.4, -0.2) is 51.0 Å². The number of benzene rings is 3. The van der Waals surface area contributed by atoms with Crippen LogP contribution >= 0.6 is 23.2 Å². The first-order valence-corrected chi connectivity index (χ1v) is 14.1. The molecular formula is C27H29Cl2N3O4S. The summed E-state index contributed by atoms with van der Waals surface area (Å²) < 4.78 is 26.4. The van der Waals surface area contributed by atoms with Crippen LogP contribution in [0.25, 0.3) is 0 Å². The fourth-order valence-electron chi connectivity index (χ4n) is 3.86. The third-order valence-corrected chi connectivity index (χ3v) is 7.74. The molecule has 0 aliphatic carbocycles. The molecule has 0 bridgehead atoms. The number of hydrogen-bond donors (Lipinski definition) is 1. The maximum Gasteiger partial charge on any atom is 0.244 e. The number of likely N-dealkylation sites (N-methyl/N-ethyl adjacent to an activating group) is 1. The van der Waals surface area contributed by atoms with Gasteiger partial charge in [0.2, 0.25) is 21.8 Å². The summed E-state index contributed by atoms with van der Waals surface area (Å²) in [4.78, 5) is 28.3. The van der Waals surface area contributed by atoms with Gasteiger partial charge in [-0.15, -0.1) is 0 Å². The summed E-state index contributed by atoms with van der Waals surface area (Å²) in [5, 5.41) is 3.06. The Morgan fingerprint density at radius 2 is 1.57 bits per heavy atom. The van der Waals surface area contributed by atoms with Crippen molar-refractivity contribution in [2.45, 2.75) is 25.9 Å². The molecule has 0 aromatic heterocycles. The van der Waals surface area contributed by atoms with Crippen molar-refractivity contribution < 1.29 is 18.0 Å². The third kappa shape index (κ3) is 7.71. The quantitative estimate of drug-likeness (QED) is 0.396. The zero-order valence-electron chi connectivity index (χ0n) is 20.8. The Hall–Kier alpha value is -3.07. The van der Waals surface area contributed by atoms with E-state index in [1.54, 1.807) is 0 Å². The summed E-state index contributed by atoms with van der Waals surface area (Å²) in [6.45, 7) is 1.55. The van der Waals surface area contributed by atoms with Crippen molar-refractivity contribution in [2.24, 2.45) is 0 Å². The number of carbonyl (C=O) groups is 2. The number of amides is 2. The first-order valence-electron chi connectivity index (χ1n) is 11.5. The van der Waals surface area contributed by atoms with Crippen molar-refractivity contribution in [3.05, 3.63) is 99.5 Å². The van der Waals surface area contributed by atoms with Gasteiger partial charge in [-0.05, 0) is 36.2 Å². The van der Waals surface area contributed by atoms with Crippen LogP contribution in [0.3, 0.4) is 0 Å². The lowest BCUT2D eigenvalue weighted by molar-refractivity contribution is -0.139. The van der Waals surface area contributed by atoms with E-state index in [1.807, 2.05) is 61.5 Å². The maximum atomic E-state index is 13.8. The lowest BCUT2D eigenvalue weighted by Gasteiger charge is -2.33. The summed E-state index contributed by atoms with van der Waals surface area (Å²) >= 11 is 12.1. The van der Waals surface area contributed by atoms with Gasteiger partial charge in [0, 0.05) is 20.0 Å². The van der Waals surface area contributed by atoms with E-state index < -0.39 is 28.5 Å². The van der Waals surface area contributed by atoms with Crippen molar-refractivity contribution in [3.8, 4) is 0 Å². The summed E-state index contributed by atoms with van der Waals surface area (Å²) in [6.07, 6.45) is 1.26. The smallest absolute Gasteiger partial charge is 0.244 e. The van der Waals surface area contributed by atoms with Gasteiger partial charge in [-0.25, -0.2) is 8.42 Å². The summed E-state index contributed by atoms with van der Waals surface area (Å²) in [5.41, 5.74) is 2.92. The third-order valence-electron chi connectivity index (χ3n) is 5.86. The molecule has 1 N–H and O–H groups in total. The van der Waals surface area contributed by atoms with Crippen molar-refractivity contribution in [3.63, 3.8) is 0 Å². The number of sulfonamides is 1. The molecular weight excluding hydrogens is 533 g/mol. The topological polar surface area (TPSA) is 86.8 Å². The largest absolute Gasteiger partial charge is 0.357 e. The molecule has 3 aromatic carbocycles. The molecule has 7 nitrogen and oxygen atoms in total. The molecule has 0 aliphatic rings. The van der Waals surface area contributed by atoms with Crippen LogP contribution < -0.4 is 9.62 Å². The Bertz CT molecular complexity index is 1350. The van der Waals surface area contributed by atoms with Crippen LogP contribution in [-0.2, 0) is 32.6 Å². The molecule has 0 saturated carbocycles. The van der Waals surface area contributed by atoms with Gasteiger partial charge in [-0.3, -0.25) is 13.9 Å². The molecule has 0 unspecified atom stereocenters. The van der Waals surface area contributed by atoms with E-state index in [1.165, 1.54) is 30.1 Å². The molecule has 0 radical (unpaired) electrons. The zero-order chi connectivity index (χ0) is 27.2. The molecule has 0 heterocycles. The van der Waals surface area contributed by atoms with E-state index in [4.69, 9.17) is 23.2 Å². The van der Waals surface area contributed by atoms with E-state index in [-0.39, 0.29) is 34.6 Å². The minimum atomic E-state index is -3.88.